The van der Waals surface area contributed by atoms with Crippen molar-refractivity contribution in [2.45, 2.75) is 0 Å². The summed E-state index contributed by atoms with van der Waals surface area (Å²) in [7, 11) is 0. The predicted molar refractivity (Wildman–Crippen MR) is 53.0 cm³/mol. The Balaban J connectivity index is -0.0000000257. The summed E-state index contributed by atoms with van der Waals surface area (Å²) in [6.45, 7) is 0. The summed E-state index contributed by atoms with van der Waals surface area (Å²) in [5.74, 6) is 0. The monoisotopic (exact) mass is 376 g/mol. The van der Waals surface area contributed by atoms with Gasteiger partial charge in [0, 0.05) is 0 Å². The van der Waals surface area contributed by atoms with Crippen molar-refractivity contribution in [2.75, 3.05) is 0 Å². The van der Waals surface area contributed by atoms with E-state index < -0.39 is 20.3 Å². The minimum Gasteiger partial charge on any atom is -0.356 e. The van der Waals surface area contributed by atoms with E-state index in [2.05, 4.69) is 0 Å². The van der Waals surface area contributed by atoms with Crippen molar-refractivity contribution in [2.24, 2.45) is 0 Å². The first-order valence-corrected chi connectivity index (χ1v) is 2.19. The fourth-order valence-corrected chi connectivity index (χ4v) is 0. The molecule has 0 rings (SSSR count). The Bertz CT molecular complexity index is 164. The van der Waals surface area contributed by atoms with Gasteiger partial charge >= 0.3 is 83.2 Å². The van der Waals surface area contributed by atoms with Crippen LogP contribution in [0.3, 0.4) is 0 Å². The molecular formula is CaN4O12Sr. The maximum absolute atomic E-state index is 8.25. The largest absolute Gasteiger partial charge is 2.00 e. The van der Waals surface area contributed by atoms with E-state index in [-0.39, 0.29) is 83.2 Å². The molecule has 0 aliphatic heterocycles. The SMILES string of the molecule is O=[N+]([O-])[O-].O=[N+]([O-])[O-].O=[N+]([O-])[O-].O=[N+]([O-])[O-].[Ca+2].[Sr+2]. The molecule has 18 heteroatoms. The van der Waals surface area contributed by atoms with Gasteiger partial charge in [-0.2, -0.15) is 0 Å². The van der Waals surface area contributed by atoms with Crippen molar-refractivity contribution in [1.82, 2.24) is 0 Å². The molecule has 0 saturated heterocycles. The van der Waals surface area contributed by atoms with Gasteiger partial charge in [0.25, 0.3) is 0 Å². The van der Waals surface area contributed by atoms with Crippen molar-refractivity contribution < 1.29 is 20.3 Å². The molecule has 0 aromatic heterocycles. The molecule has 0 fully saturated rings. The van der Waals surface area contributed by atoms with Crippen LogP contribution in [0.1, 0.15) is 0 Å². The quantitative estimate of drug-likeness (QED) is 0.259. The minimum atomic E-state index is -1.75. The molecule has 0 amide bonds. The zero-order valence-electron chi connectivity index (χ0n) is 8.10. The molecule has 16 nitrogen and oxygen atoms in total. The molecule has 0 aliphatic carbocycles. The van der Waals surface area contributed by atoms with Crippen LogP contribution in [0.15, 0.2) is 0 Å². The molecule has 0 N–H and O–H groups in total. The zero-order chi connectivity index (χ0) is 14.3. The summed E-state index contributed by atoms with van der Waals surface area (Å²) < 4.78 is 0. The molecule has 0 spiro atoms. The smallest absolute Gasteiger partial charge is 0.356 e. The van der Waals surface area contributed by atoms with E-state index in [0.717, 1.165) is 0 Å². The van der Waals surface area contributed by atoms with Crippen LogP contribution in [-0.4, -0.2) is 104 Å². The maximum Gasteiger partial charge on any atom is 2.00 e. The Morgan fingerprint density at radius 2 is 0.444 bits per heavy atom. The summed E-state index contributed by atoms with van der Waals surface area (Å²) >= 11 is 0. The van der Waals surface area contributed by atoms with Crippen LogP contribution in [0.4, 0.5) is 0 Å². The first kappa shape index (κ1) is 36.0. The molecule has 0 aromatic rings. The molecule has 0 unspecified atom stereocenters. The second kappa shape index (κ2) is 30.0. The van der Waals surface area contributed by atoms with Gasteiger partial charge in [0.2, 0.25) is 0 Å². The maximum atomic E-state index is 8.25. The second-order valence-electron chi connectivity index (χ2n) is 0.894. The molecule has 0 atom stereocenters. The molecule has 0 radical (unpaired) electrons. The van der Waals surface area contributed by atoms with Crippen molar-refractivity contribution in [3.63, 3.8) is 0 Å². The summed E-state index contributed by atoms with van der Waals surface area (Å²) in [5, 5.41) is 59.0. The van der Waals surface area contributed by atoms with Crippen molar-refractivity contribution >= 4 is 83.2 Å². The standard InChI is InChI=1S/Ca.4NO3.Sr/c;4*2-1(3)4;/q+2;4*-1;+2. The molecule has 0 aromatic carbocycles. The van der Waals surface area contributed by atoms with E-state index in [1.807, 2.05) is 0 Å². The Morgan fingerprint density at radius 1 is 0.444 bits per heavy atom. The molecular weight excluding hydrogens is 376 g/mol. The number of hydrogen-bond donors (Lipinski definition) is 0. The molecule has 18 heavy (non-hydrogen) atoms. The van der Waals surface area contributed by atoms with Crippen molar-refractivity contribution in [3.8, 4) is 0 Å². The average molecular weight is 376 g/mol. The van der Waals surface area contributed by atoms with E-state index in [1.165, 1.54) is 0 Å². The third-order valence-corrected chi connectivity index (χ3v) is 0. The number of hydrogen-bond acceptors (Lipinski definition) is 12. The van der Waals surface area contributed by atoms with Gasteiger partial charge in [-0.15, -0.1) is 0 Å². The molecule has 0 bridgehead atoms. The van der Waals surface area contributed by atoms with Gasteiger partial charge in [-0.1, -0.05) is 0 Å². The summed E-state index contributed by atoms with van der Waals surface area (Å²) in [4.78, 5) is 33.0. The van der Waals surface area contributed by atoms with Gasteiger partial charge in [-0.3, -0.25) is 0 Å². The van der Waals surface area contributed by atoms with Crippen LogP contribution in [0.2, 0.25) is 0 Å². The molecule has 0 heterocycles. The molecule has 0 aliphatic rings. The van der Waals surface area contributed by atoms with Gasteiger partial charge in [0.1, 0.15) is 0 Å². The average Bonchev–Trinajstić information content (AvgIpc) is 1.76. The summed E-state index contributed by atoms with van der Waals surface area (Å²) in [6, 6.07) is 0. The third-order valence-electron chi connectivity index (χ3n) is 0. The normalized spacial score (nSPS) is 5.33. The fraction of sp³-hybridized carbons (Fsp3) is 0. The van der Waals surface area contributed by atoms with E-state index >= 15 is 0 Å². The van der Waals surface area contributed by atoms with Gasteiger partial charge in [-0.05, 0) is 0 Å². The van der Waals surface area contributed by atoms with Crippen LogP contribution < -0.4 is 0 Å². The van der Waals surface area contributed by atoms with Gasteiger partial charge in [0.15, 0.2) is 0 Å². The molecule has 96 valence electrons. The van der Waals surface area contributed by atoms with E-state index in [1.54, 1.807) is 0 Å². The van der Waals surface area contributed by atoms with Gasteiger partial charge < -0.3 is 61.3 Å². The Kier molecular flexibility index (Phi) is 60.0. The third kappa shape index (κ3) is 15500. The van der Waals surface area contributed by atoms with Crippen LogP contribution >= 0.6 is 0 Å². The van der Waals surface area contributed by atoms with E-state index in [0.29, 0.717) is 0 Å². The molecule has 0 saturated carbocycles. The van der Waals surface area contributed by atoms with Crippen LogP contribution in [0.25, 0.3) is 0 Å². The Hall–Kier alpha value is -0.460. The fourth-order valence-electron chi connectivity index (χ4n) is 0. The summed E-state index contributed by atoms with van der Waals surface area (Å²) in [6.07, 6.45) is 0. The number of nitrogens with zero attached hydrogens (tertiary/aromatic N) is 4. The summed E-state index contributed by atoms with van der Waals surface area (Å²) in [5.41, 5.74) is 0. The Morgan fingerprint density at radius 3 is 0.444 bits per heavy atom. The zero-order valence-corrected chi connectivity index (χ0v) is 13.8. The second-order valence-corrected chi connectivity index (χ2v) is 0.894. The van der Waals surface area contributed by atoms with Crippen LogP contribution in [-0.2, 0) is 0 Å². The predicted octanol–water partition coefficient (Wildman–Crippen LogP) is -1.72. The van der Waals surface area contributed by atoms with E-state index in [4.69, 9.17) is 61.3 Å². The first-order chi connectivity index (χ1) is 6.93. The topological polar surface area (TPSA) is 265 Å². The minimum absolute atomic E-state index is 0. The van der Waals surface area contributed by atoms with Gasteiger partial charge in [-0.25, -0.2) is 0 Å². The van der Waals surface area contributed by atoms with Crippen molar-refractivity contribution in [3.05, 3.63) is 61.3 Å². The van der Waals surface area contributed by atoms with Crippen LogP contribution in [0.5, 0.6) is 0 Å². The van der Waals surface area contributed by atoms with E-state index in [9.17, 15) is 0 Å². The first-order valence-electron chi connectivity index (χ1n) is 2.19. The van der Waals surface area contributed by atoms with Gasteiger partial charge in [0.05, 0.1) is 20.3 Å². The Labute approximate surface area is 163 Å². The number of rotatable bonds is 0. The van der Waals surface area contributed by atoms with Crippen molar-refractivity contribution in [1.29, 1.82) is 0 Å². The van der Waals surface area contributed by atoms with Crippen LogP contribution in [0, 0.1) is 61.3 Å².